The van der Waals surface area contributed by atoms with Crippen molar-refractivity contribution in [2.45, 2.75) is 65.8 Å². The molecule has 2 atom stereocenters. The van der Waals surface area contributed by atoms with Crippen molar-refractivity contribution < 1.29 is 0 Å². The SMILES string of the molecule is CCCC(C)C(C)(C(C)CCC)n1ccnc1. The van der Waals surface area contributed by atoms with Gasteiger partial charge in [0.05, 0.1) is 6.33 Å². The van der Waals surface area contributed by atoms with Crippen LogP contribution >= 0.6 is 0 Å². The average Bonchev–Trinajstić information content (AvgIpc) is 2.82. The molecule has 2 unspecified atom stereocenters. The van der Waals surface area contributed by atoms with E-state index in [0.717, 1.165) is 0 Å². The summed E-state index contributed by atoms with van der Waals surface area (Å²) in [7, 11) is 0. The summed E-state index contributed by atoms with van der Waals surface area (Å²) in [5, 5.41) is 0. The van der Waals surface area contributed by atoms with Gasteiger partial charge in [0.2, 0.25) is 0 Å². The zero-order valence-electron chi connectivity index (χ0n) is 12.1. The molecule has 17 heavy (non-hydrogen) atoms. The lowest BCUT2D eigenvalue weighted by Gasteiger charge is -2.42. The lowest BCUT2D eigenvalue weighted by Crippen LogP contribution is -2.42. The van der Waals surface area contributed by atoms with Gasteiger partial charge in [-0.05, 0) is 31.6 Å². The Hall–Kier alpha value is -0.790. The van der Waals surface area contributed by atoms with Crippen LogP contribution < -0.4 is 0 Å². The number of hydrogen-bond donors (Lipinski definition) is 0. The van der Waals surface area contributed by atoms with Gasteiger partial charge in [-0.3, -0.25) is 0 Å². The lowest BCUT2D eigenvalue weighted by molar-refractivity contribution is 0.108. The summed E-state index contributed by atoms with van der Waals surface area (Å²) >= 11 is 0. The van der Waals surface area contributed by atoms with E-state index in [4.69, 9.17) is 0 Å². The zero-order valence-corrected chi connectivity index (χ0v) is 12.1. The van der Waals surface area contributed by atoms with Gasteiger partial charge in [-0.1, -0.05) is 40.5 Å². The molecular weight excluding hydrogens is 208 g/mol. The monoisotopic (exact) mass is 236 g/mol. The van der Waals surface area contributed by atoms with Crippen LogP contribution in [-0.4, -0.2) is 9.55 Å². The molecule has 0 fully saturated rings. The molecule has 0 radical (unpaired) electrons. The molecule has 0 aliphatic rings. The Morgan fingerprint density at radius 3 is 2.00 bits per heavy atom. The Kier molecular flexibility index (Phi) is 5.23. The van der Waals surface area contributed by atoms with E-state index in [1.165, 1.54) is 25.7 Å². The van der Waals surface area contributed by atoms with Crippen molar-refractivity contribution in [1.82, 2.24) is 9.55 Å². The molecule has 98 valence electrons. The van der Waals surface area contributed by atoms with E-state index in [2.05, 4.69) is 50.4 Å². The molecule has 0 bridgehead atoms. The highest BCUT2D eigenvalue weighted by Gasteiger charge is 2.37. The standard InChI is InChI=1S/C15H28N2/c1-6-8-13(3)15(5,14(4)9-7-2)17-11-10-16-12-17/h10-14H,6-9H2,1-5H3. The van der Waals surface area contributed by atoms with Crippen molar-refractivity contribution in [1.29, 1.82) is 0 Å². The minimum Gasteiger partial charge on any atom is -0.331 e. The molecular formula is C15H28N2. The highest BCUT2D eigenvalue weighted by Crippen LogP contribution is 2.38. The number of nitrogens with zero attached hydrogens (tertiary/aromatic N) is 2. The summed E-state index contributed by atoms with van der Waals surface area (Å²) in [5.41, 5.74) is 0.197. The molecule has 0 spiro atoms. The molecule has 0 saturated heterocycles. The van der Waals surface area contributed by atoms with Crippen molar-refractivity contribution in [3.05, 3.63) is 18.7 Å². The number of imidazole rings is 1. The van der Waals surface area contributed by atoms with Crippen molar-refractivity contribution >= 4 is 0 Å². The Labute approximate surface area is 106 Å². The molecule has 0 amide bonds. The van der Waals surface area contributed by atoms with Crippen LogP contribution in [0.2, 0.25) is 0 Å². The Morgan fingerprint density at radius 1 is 1.12 bits per heavy atom. The van der Waals surface area contributed by atoms with Crippen molar-refractivity contribution in [2.75, 3.05) is 0 Å². The molecule has 1 aromatic rings. The van der Waals surface area contributed by atoms with Gasteiger partial charge in [-0.2, -0.15) is 0 Å². The first-order chi connectivity index (χ1) is 8.07. The fourth-order valence-corrected chi connectivity index (χ4v) is 2.99. The number of hydrogen-bond acceptors (Lipinski definition) is 1. The van der Waals surface area contributed by atoms with E-state index < -0.39 is 0 Å². The smallest absolute Gasteiger partial charge is 0.0951 e. The van der Waals surface area contributed by atoms with E-state index in [-0.39, 0.29) is 5.54 Å². The lowest BCUT2D eigenvalue weighted by atomic mass is 9.73. The van der Waals surface area contributed by atoms with E-state index in [9.17, 15) is 0 Å². The minimum absolute atomic E-state index is 0.197. The second kappa shape index (κ2) is 6.23. The van der Waals surface area contributed by atoms with Gasteiger partial charge >= 0.3 is 0 Å². The third-order valence-corrected chi connectivity index (χ3v) is 4.50. The van der Waals surface area contributed by atoms with Crippen LogP contribution in [-0.2, 0) is 5.54 Å². The van der Waals surface area contributed by atoms with Gasteiger partial charge in [0.25, 0.3) is 0 Å². The number of aromatic nitrogens is 2. The second-order valence-corrected chi connectivity index (χ2v) is 5.58. The summed E-state index contributed by atoms with van der Waals surface area (Å²) < 4.78 is 2.33. The molecule has 1 aromatic heterocycles. The fourth-order valence-electron chi connectivity index (χ4n) is 2.99. The molecule has 0 aliphatic carbocycles. The fraction of sp³-hybridized carbons (Fsp3) is 0.800. The normalized spacial score (nSPS) is 18.6. The van der Waals surface area contributed by atoms with E-state index >= 15 is 0 Å². The van der Waals surface area contributed by atoms with E-state index in [0.29, 0.717) is 11.8 Å². The molecule has 0 saturated carbocycles. The summed E-state index contributed by atoms with van der Waals surface area (Å²) in [4.78, 5) is 4.24. The molecule has 0 N–H and O–H groups in total. The highest BCUT2D eigenvalue weighted by atomic mass is 15.1. The molecule has 2 heteroatoms. The first kappa shape index (κ1) is 14.3. The predicted octanol–water partition coefficient (Wildman–Crippen LogP) is 4.47. The molecule has 0 aromatic carbocycles. The van der Waals surface area contributed by atoms with Gasteiger partial charge in [-0.15, -0.1) is 0 Å². The highest BCUT2D eigenvalue weighted by molar-refractivity contribution is 4.95. The van der Waals surface area contributed by atoms with Crippen LogP contribution in [0.15, 0.2) is 18.7 Å². The Morgan fingerprint density at radius 2 is 1.65 bits per heavy atom. The quantitative estimate of drug-likeness (QED) is 0.683. The van der Waals surface area contributed by atoms with Crippen molar-refractivity contribution in [3.8, 4) is 0 Å². The molecule has 1 heterocycles. The summed E-state index contributed by atoms with van der Waals surface area (Å²) in [6.07, 6.45) is 11.1. The van der Waals surface area contributed by atoms with Gasteiger partial charge in [0, 0.05) is 17.9 Å². The Balaban J connectivity index is 2.99. The van der Waals surface area contributed by atoms with Gasteiger partial charge in [-0.25, -0.2) is 4.98 Å². The van der Waals surface area contributed by atoms with Crippen LogP contribution in [0.3, 0.4) is 0 Å². The largest absolute Gasteiger partial charge is 0.331 e. The molecule has 2 nitrogen and oxygen atoms in total. The Bertz CT molecular complexity index is 291. The third-order valence-electron chi connectivity index (χ3n) is 4.50. The van der Waals surface area contributed by atoms with E-state index in [1.54, 1.807) is 0 Å². The first-order valence-electron chi connectivity index (χ1n) is 7.05. The summed E-state index contributed by atoms with van der Waals surface area (Å²) in [6.45, 7) is 11.7. The van der Waals surface area contributed by atoms with Crippen LogP contribution in [0.1, 0.15) is 60.3 Å². The topological polar surface area (TPSA) is 17.8 Å². The maximum absolute atomic E-state index is 4.24. The first-order valence-corrected chi connectivity index (χ1v) is 7.05. The molecule has 1 rings (SSSR count). The maximum Gasteiger partial charge on any atom is 0.0951 e. The van der Waals surface area contributed by atoms with Crippen LogP contribution in [0.5, 0.6) is 0 Å². The second-order valence-electron chi connectivity index (χ2n) is 5.58. The van der Waals surface area contributed by atoms with Crippen molar-refractivity contribution in [3.63, 3.8) is 0 Å². The number of rotatable bonds is 7. The minimum atomic E-state index is 0.197. The third kappa shape index (κ3) is 2.91. The van der Waals surface area contributed by atoms with Crippen molar-refractivity contribution in [2.24, 2.45) is 11.8 Å². The van der Waals surface area contributed by atoms with Gasteiger partial charge in [0.1, 0.15) is 0 Å². The maximum atomic E-state index is 4.24. The van der Waals surface area contributed by atoms with Crippen LogP contribution in [0, 0.1) is 11.8 Å². The van der Waals surface area contributed by atoms with Crippen LogP contribution in [0.4, 0.5) is 0 Å². The van der Waals surface area contributed by atoms with Crippen LogP contribution in [0.25, 0.3) is 0 Å². The molecule has 0 aliphatic heterocycles. The average molecular weight is 236 g/mol. The van der Waals surface area contributed by atoms with Gasteiger partial charge in [0.15, 0.2) is 0 Å². The van der Waals surface area contributed by atoms with Gasteiger partial charge < -0.3 is 4.57 Å². The zero-order chi connectivity index (χ0) is 12.9. The van der Waals surface area contributed by atoms with E-state index in [1.807, 2.05) is 12.5 Å². The summed E-state index contributed by atoms with van der Waals surface area (Å²) in [6, 6.07) is 0. The summed E-state index contributed by atoms with van der Waals surface area (Å²) in [5.74, 6) is 1.37. The predicted molar refractivity (Wildman–Crippen MR) is 74.0 cm³/mol.